The lowest BCUT2D eigenvalue weighted by atomic mass is 10.2. The fourth-order valence-electron chi connectivity index (χ4n) is 5.60. The molecule has 3 rings (SSSR count). The minimum atomic E-state index is -5.43. The molecule has 0 saturated carbocycles. The third kappa shape index (κ3) is 23.8. The van der Waals surface area contributed by atoms with Gasteiger partial charge in [0.2, 0.25) is 0 Å². The molecule has 18 nitrogen and oxygen atoms in total. The molecule has 2 aromatic rings. The number of quaternary nitrogens is 4. The number of anilines is 1. The summed E-state index contributed by atoms with van der Waals surface area (Å²) in [4.78, 5) is 61.9. The first-order valence-corrected chi connectivity index (χ1v) is 23.6. The maximum absolute atomic E-state index is 11.0. The molecule has 21 heteroatoms. The summed E-state index contributed by atoms with van der Waals surface area (Å²) in [7, 11) is -10.8. The average Bonchev–Trinajstić information content (AvgIpc) is 3.70. The standard InChI is InChI=1S/C10H14BrN5O9P2.4C6H15N/c11-10-15-7-8(12)13-3-14-9(7)16(10)6-1-4(25-27(20,21)22)5(24-6)2-23-26(17,18)19;4*1-4-7(5-2)6-3/h3-6H,1-2H2,(H2,12,13,14)(H2,17,18,19)(H2,20,21,22);4*4-6H2,1-3H3/t4-,5-,6-;;;;/m1..../s1. The van der Waals surface area contributed by atoms with E-state index in [4.69, 9.17) is 10.5 Å². The van der Waals surface area contributed by atoms with Gasteiger partial charge in [-0.3, -0.25) is 4.57 Å². The summed E-state index contributed by atoms with van der Waals surface area (Å²) in [6, 6.07) is 0. The van der Waals surface area contributed by atoms with Crippen molar-refractivity contribution in [2.45, 2.75) is 108 Å². The van der Waals surface area contributed by atoms with Crippen molar-refractivity contribution in [1.29, 1.82) is 0 Å². The molecule has 0 bridgehead atoms. The molecule has 0 unspecified atom stereocenters. The van der Waals surface area contributed by atoms with Crippen LogP contribution < -0.4 is 44.9 Å². The Morgan fingerprint density at radius 2 is 1.11 bits per heavy atom. The zero-order chi connectivity index (χ0) is 42.8. The molecular weight excluding hydrogens is 820 g/mol. The molecule has 1 aliphatic heterocycles. The Hall–Kier alpha value is -1.15. The Balaban J connectivity index is 0. The zero-order valence-electron chi connectivity index (χ0n) is 35.5. The second kappa shape index (κ2) is 30.9. The van der Waals surface area contributed by atoms with Crippen molar-refractivity contribution < 1.29 is 62.1 Å². The second-order valence-corrected chi connectivity index (χ2v) is 15.6. The van der Waals surface area contributed by atoms with Crippen LogP contribution >= 0.6 is 31.6 Å². The van der Waals surface area contributed by atoms with Gasteiger partial charge < -0.3 is 67.8 Å². The maximum atomic E-state index is 11.0. The highest BCUT2D eigenvalue weighted by atomic mass is 79.9. The van der Waals surface area contributed by atoms with E-state index in [0.717, 1.165) is 0 Å². The predicted octanol–water partition coefficient (Wildman–Crippen LogP) is -2.76. The molecular formula is C34H74BrN9O9P2. The highest BCUT2D eigenvalue weighted by Gasteiger charge is 2.39. The van der Waals surface area contributed by atoms with E-state index >= 15 is 0 Å². The molecule has 0 amide bonds. The highest BCUT2D eigenvalue weighted by Crippen LogP contribution is 2.41. The van der Waals surface area contributed by atoms with Gasteiger partial charge in [-0.05, 0) is 99.0 Å². The number of nitrogens with one attached hydrogen (secondary N) is 4. The molecule has 55 heavy (non-hydrogen) atoms. The summed E-state index contributed by atoms with van der Waals surface area (Å²) in [6.07, 6.45) is -2.77. The number of phosphoric acid groups is 2. The Bertz CT molecular complexity index is 1270. The first kappa shape index (κ1) is 55.9. The molecule has 0 aliphatic carbocycles. The van der Waals surface area contributed by atoms with Crippen molar-refractivity contribution in [2.75, 3.05) is 90.9 Å². The van der Waals surface area contributed by atoms with Crippen LogP contribution in [-0.2, 0) is 22.9 Å². The summed E-state index contributed by atoms with van der Waals surface area (Å²) < 4.78 is 37.3. The van der Waals surface area contributed by atoms with E-state index in [-0.39, 0.29) is 28.1 Å². The smallest absolute Gasteiger partial charge is 0.181 e. The van der Waals surface area contributed by atoms with Crippen LogP contribution in [0.5, 0.6) is 0 Å². The molecule has 1 aliphatic rings. The molecule has 3 heterocycles. The minimum Gasteiger partial charge on any atom is -0.790 e. The van der Waals surface area contributed by atoms with Gasteiger partial charge in [-0.2, -0.15) is 0 Å². The lowest BCUT2D eigenvalue weighted by Gasteiger charge is -2.35. The molecule has 6 N–H and O–H groups in total. The molecule has 2 aromatic heterocycles. The van der Waals surface area contributed by atoms with Crippen molar-refractivity contribution in [3.05, 3.63) is 11.1 Å². The van der Waals surface area contributed by atoms with Crippen molar-refractivity contribution in [1.82, 2.24) is 19.5 Å². The molecule has 0 aromatic carbocycles. The van der Waals surface area contributed by atoms with E-state index in [1.54, 1.807) is 19.6 Å². The average molecular weight is 895 g/mol. The first-order chi connectivity index (χ1) is 25.8. The van der Waals surface area contributed by atoms with Crippen LogP contribution in [0, 0.1) is 0 Å². The summed E-state index contributed by atoms with van der Waals surface area (Å²) >= 11 is 3.18. The number of nitrogens with zero attached hydrogens (tertiary/aromatic N) is 4. The molecule has 0 spiro atoms. The first-order valence-electron chi connectivity index (χ1n) is 19.8. The van der Waals surface area contributed by atoms with Crippen LogP contribution in [0.2, 0.25) is 0 Å². The van der Waals surface area contributed by atoms with Gasteiger partial charge in [0, 0.05) is 6.42 Å². The Morgan fingerprint density at radius 3 is 1.42 bits per heavy atom. The number of aromatic nitrogens is 4. The van der Waals surface area contributed by atoms with Crippen LogP contribution in [0.15, 0.2) is 11.1 Å². The normalized spacial score (nSPS) is 17.0. The number of imidazole rings is 1. The fraction of sp³-hybridized carbons (Fsp3) is 0.853. The summed E-state index contributed by atoms with van der Waals surface area (Å²) in [5, 5.41) is 0. The van der Waals surface area contributed by atoms with Crippen molar-refractivity contribution >= 4 is 48.6 Å². The van der Waals surface area contributed by atoms with Gasteiger partial charge in [-0.1, -0.05) is 0 Å². The molecule has 0 radical (unpaired) electrons. The second-order valence-electron chi connectivity index (χ2n) is 12.6. The lowest BCUT2D eigenvalue weighted by molar-refractivity contribution is -0.894. The topological polar surface area (TPSA) is 241 Å². The lowest BCUT2D eigenvalue weighted by Crippen LogP contribution is -3.11. The highest BCUT2D eigenvalue weighted by molar-refractivity contribution is 9.10. The van der Waals surface area contributed by atoms with Gasteiger partial charge >= 0.3 is 0 Å². The minimum absolute atomic E-state index is 0.0763. The molecule has 3 atom stereocenters. The third-order valence-electron chi connectivity index (χ3n) is 9.59. The number of fused-ring (bicyclic) bond motifs is 1. The van der Waals surface area contributed by atoms with Gasteiger partial charge in [0.05, 0.1) is 107 Å². The van der Waals surface area contributed by atoms with E-state index in [0.29, 0.717) is 0 Å². The van der Waals surface area contributed by atoms with Crippen LogP contribution in [-0.4, -0.2) is 117 Å². The zero-order valence-corrected chi connectivity index (χ0v) is 38.9. The van der Waals surface area contributed by atoms with Gasteiger partial charge in [0.1, 0.15) is 18.7 Å². The van der Waals surface area contributed by atoms with E-state index in [2.05, 4.69) is 123 Å². The number of hydrogen-bond donors (Lipinski definition) is 5. The molecule has 326 valence electrons. The number of nitrogens with two attached hydrogens (primary N) is 1. The number of halogens is 1. The summed E-state index contributed by atoms with van der Waals surface area (Å²) in [5.74, 6) is 0.0763. The van der Waals surface area contributed by atoms with Gasteiger partial charge in [-0.25, -0.2) is 15.0 Å². The maximum Gasteiger partial charge on any atom is 0.181 e. The van der Waals surface area contributed by atoms with Gasteiger partial charge in [0.15, 0.2) is 21.7 Å². The van der Waals surface area contributed by atoms with Crippen LogP contribution in [0.1, 0.15) is 95.7 Å². The van der Waals surface area contributed by atoms with Crippen LogP contribution in [0.25, 0.3) is 11.2 Å². The SMILES string of the molecule is CC[NH+](CC)CC.CC[NH+](CC)CC.CC[NH+](CC)CC.CC[NH+](CC)CC.Nc1ncnc2c1nc(Br)n2[C@H]1C[C@@H](OP(=O)([O-])[O-])[C@@H](COP(=O)([O-])[O-])O1. The Labute approximate surface area is 339 Å². The predicted molar refractivity (Wildman–Crippen MR) is 212 cm³/mol. The van der Waals surface area contributed by atoms with Gasteiger partial charge in [-0.15, -0.1) is 0 Å². The Kier molecular flexibility index (Phi) is 31.4. The van der Waals surface area contributed by atoms with E-state index in [1.165, 1.54) is 89.4 Å². The third-order valence-corrected chi connectivity index (χ3v) is 11.1. The molecule has 1 fully saturated rings. The largest absolute Gasteiger partial charge is 0.790 e. The van der Waals surface area contributed by atoms with E-state index in [9.17, 15) is 28.7 Å². The quantitative estimate of drug-likeness (QED) is 0.0754. The van der Waals surface area contributed by atoms with Crippen molar-refractivity contribution in [3.63, 3.8) is 0 Å². The number of phosphoric ester groups is 2. The number of nitrogen functional groups attached to an aromatic ring is 1. The van der Waals surface area contributed by atoms with Crippen LogP contribution in [0.4, 0.5) is 5.82 Å². The van der Waals surface area contributed by atoms with E-state index < -0.39 is 40.7 Å². The van der Waals surface area contributed by atoms with Crippen LogP contribution in [0.3, 0.4) is 0 Å². The number of rotatable bonds is 18. The molecule has 1 saturated heterocycles. The number of ether oxygens (including phenoxy) is 1. The summed E-state index contributed by atoms with van der Waals surface area (Å²) in [6.45, 7) is 41.1. The van der Waals surface area contributed by atoms with Crippen molar-refractivity contribution in [3.8, 4) is 0 Å². The van der Waals surface area contributed by atoms with Gasteiger partial charge in [0.25, 0.3) is 0 Å². The Morgan fingerprint density at radius 1 is 0.727 bits per heavy atom. The number of hydrogen-bond acceptors (Lipinski definition) is 13. The van der Waals surface area contributed by atoms with E-state index in [1.807, 2.05) is 0 Å². The summed E-state index contributed by atoms with van der Waals surface area (Å²) in [5.41, 5.74) is 6.17. The monoisotopic (exact) mass is 893 g/mol. The fourth-order valence-corrected chi connectivity index (χ4v) is 7.06. The van der Waals surface area contributed by atoms with Crippen molar-refractivity contribution in [2.24, 2.45) is 0 Å².